The van der Waals surface area contributed by atoms with Crippen LogP contribution in [0.2, 0.25) is 5.02 Å². The van der Waals surface area contributed by atoms with E-state index in [4.69, 9.17) is 11.6 Å². The van der Waals surface area contributed by atoms with Crippen molar-refractivity contribution in [3.8, 4) is 0 Å². The highest BCUT2D eigenvalue weighted by molar-refractivity contribution is 7.99. The lowest BCUT2D eigenvalue weighted by molar-refractivity contribution is 0.627. The van der Waals surface area contributed by atoms with Crippen LogP contribution in [0.15, 0.2) is 60.0 Å². The van der Waals surface area contributed by atoms with Crippen molar-refractivity contribution in [2.45, 2.75) is 17.9 Å². The molecule has 0 saturated carbocycles. The third-order valence-electron chi connectivity index (χ3n) is 3.06. The maximum Gasteiger partial charge on any atom is 0.141 e. The Morgan fingerprint density at radius 3 is 2.81 bits per heavy atom. The first-order valence-electron chi connectivity index (χ1n) is 6.66. The number of halogens is 2. The van der Waals surface area contributed by atoms with Crippen LogP contribution in [-0.4, -0.2) is 5.75 Å². The Balaban J connectivity index is 2.16. The molecule has 1 N–H and O–H groups in total. The van der Waals surface area contributed by atoms with Crippen molar-refractivity contribution in [1.82, 2.24) is 0 Å². The van der Waals surface area contributed by atoms with Gasteiger partial charge in [0, 0.05) is 22.4 Å². The van der Waals surface area contributed by atoms with E-state index >= 15 is 0 Å². The van der Waals surface area contributed by atoms with E-state index in [1.165, 1.54) is 6.07 Å². The summed E-state index contributed by atoms with van der Waals surface area (Å²) in [4.78, 5) is 1.16. The molecule has 2 rings (SSSR count). The monoisotopic (exact) mass is 321 g/mol. The average molecular weight is 322 g/mol. The molecule has 1 unspecified atom stereocenters. The van der Waals surface area contributed by atoms with Gasteiger partial charge in [0.25, 0.3) is 0 Å². The summed E-state index contributed by atoms with van der Waals surface area (Å²) >= 11 is 7.57. The second-order valence-electron chi connectivity index (χ2n) is 4.64. The standard InChI is InChI=1S/C17H17ClFNS/c1-3-10-21-17-7-5-4-6-16(17)20-12(2)13-8-9-15(19)14(18)11-13/h3-9,11-12,20H,1,10H2,2H3. The van der Waals surface area contributed by atoms with E-state index in [2.05, 4.69) is 18.0 Å². The fraction of sp³-hybridized carbons (Fsp3) is 0.176. The van der Waals surface area contributed by atoms with Gasteiger partial charge in [-0.1, -0.05) is 35.9 Å². The molecule has 0 spiro atoms. The molecular weight excluding hydrogens is 305 g/mol. The first-order chi connectivity index (χ1) is 10.1. The van der Waals surface area contributed by atoms with Crippen LogP contribution in [0.3, 0.4) is 0 Å². The molecule has 0 aliphatic carbocycles. The molecule has 1 nitrogen and oxygen atoms in total. The molecule has 0 aromatic heterocycles. The van der Waals surface area contributed by atoms with Gasteiger partial charge in [0.1, 0.15) is 5.82 Å². The molecule has 21 heavy (non-hydrogen) atoms. The summed E-state index contributed by atoms with van der Waals surface area (Å²) in [6, 6.07) is 12.9. The highest BCUT2D eigenvalue weighted by atomic mass is 35.5. The second-order valence-corrected chi connectivity index (χ2v) is 6.10. The summed E-state index contributed by atoms with van der Waals surface area (Å²) in [5.41, 5.74) is 2.00. The summed E-state index contributed by atoms with van der Waals surface area (Å²) < 4.78 is 13.2. The van der Waals surface area contributed by atoms with Crippen molar-refractivity contribution < 1.29 is 4.39 Å². The van der Waals surface area contributed by atoms with Crippen molar-refractivity contribution >= 4 is 29.1 Å². The van der Waals surface area contributed by atoms with E-state index in [9.17, 15) is 4.39 Å². The van der Waals surface area contributed by atoms with Crippen LogP contribution in [0.5, 0.6) is 0 Å². The average Bonchev–Trinajstić information content (AvgIpc) is 2.49. The Bertz CT molecular complexity index is 630. The van der Waals surface area contributed by atoms with E-state index in [1.807, 2.05) is 31.2 Å². The van der Waals surface area contributed by atoms with Crippen LogP contribution >= 0.6 is 23.4 Å². The van der Waals surface area contributed by atoms with Gasteiger partial charge in [-0.2, -0.15) is 0 Å². The summed E-state index contributed by atoms with van der Waals surface area (Å²) in [6.07, 6.45) is 1.88. The predicted molar refractivity (Wildman–Crippen MR) is 90.8 cm³/mol. The quantitative estimate of drug-likeness (QED) is 0.522. The zero-order valence-electron chi connectivity index (χ0n) is 11.8. The maximum absolute atomic E-state index is 13.2. The molecule has 0 aliphatic heterocycles. The third-order valence-corrected chi connectivity index (χ3v) is 4.42. The third kappa shape index (κ3) is 4.26. The zero-order valence-corrected chi connectivity index (χ0v) is 13.3. The number of thioether (sulfide) groups is 1. The van der Waals surface area contributed by atoms with E-state index in [-0.39, 0.29) is 11.1 Å². The fourth-order valence-electron chi connectivity index (χ4n) is 1.96. The van der Waals surface area contributed by atoms with Crippen LogP contribution < -0.4 is 5.32 Å². The second kappa shape index (κ2) is 7.53. The highest BCUT2D eigenvalue weighted by Crippen LogP contribution is 2.30. The number of nitrogens with one attached hydrogen (secondary N) is 1. The van der Waals surface area contributed by atoms with Gasteiger partial charge in [0.2, 0.25) is 0 Å². The minimum atomic E-state index is -0.394. The Morgan fingerprint density at radius 1 is 1.33 bits per heavy atom. The van der Waals surface area contributed by atoms with Crippen LogP contribution in [0.1, 0.15) is 18.5 Å². The van der Waals surface area contributed by atoms with Crippen molar-refractivity contribution in [2.24, 2.45) is 0 Å². The normalized spacial score (nSPS) is 12.0. The Kier molecular flexibility index (Phi) is 5.71. The van der Waals surface area contributed by atoms with E-state index in [1.54, 1.807) is 23.9 Å². The Hall–Kier alpha value is -1.45. The molecule has 0 heterocycles. The summed E-state index contributed by atoms with van der Waals surface area (Å²) in [6.45, 7) is 5.77. The van der Waals surface area contributed by atoms with Gasteiger partial charge >= 0.3 is 0 Å². The zero-order chi connectivity index (χ0) is 15.2. The lowest BCUT2D eigenvalue weighted by Crippen LogP contribution is -2.07. The van der Waals surface area contributed by atoms with Gasteiger partial charge < -0.3 is 5.32 Å². The molecule has 0 fully saturated rings. The van der Waals surface area contributed by atoms with Gasteiger partial charge in [-0.05, 0) is 36.8 Å². The highest BCUT2D eigenvalue weighted by Gasteiger charge is 2.10. The topological polar surface area (TPSA) is 12.0 Å². The summed E-state index contributed by atoms with van der Waals surface area (Å²) in [5, 5.41) is 3.59. The number of para-hydroxylation sites is 1. The van der Waals surface area contributed by atoms with Crippen molar-refractivity contribution in [3.05, 3.63) is 71.5 Å². The summed E-state index contributed by atoms with van der Waals surface area (Å²) in [5.74, 6) is 0.463. The maximum atomic E-state index is 13.2. The van der Waals surface area contributed by atoms with Gasteiger partial charge in [0.05, 0.1) is 5.02 Å². The van der Waals surface area contributed by atoms with Crippen LogP contribution in [0.4, 0.5) is 10.1 Å². The largest absolute Gasteiger partial charge is 0.378 e. The molecule has 0 aliphatic rings. The lowest BCUT2D eigenvalue weighted by atomic mass is 10.1. The van der Waals surface area contributed by atoms with E-state index in [0.29, 0.717) is 0 Å². The number of hydrogen-bond donors (Lipinski definition) is 1. The molecule has 0 bridgehead atoms. The number of hydrogen-bond acceptors (Lipinski definition) is 2. The van der Waals surface area contributed by atoms with Crippen molar-refractivity contribution in [2.75, 3.05) is 11.1 Å². The molecule has 1 atom stereocenters. The number of benzene rings is 2. The molecule has 110 valence electrons. The number of rotatable bonds is 6. The molecule has 2 aromatic rings. The van der Waals surface area contributed by atoms with Crippen LogP contribution in [-0.2, 0) is 0 Å². The predicted octanol–water partition coefficient (Wildman–Crippen LogP) is 5.93. The molecule has 0 radical (unpaired) electrons. The number of anilines is 1. The van der Waals surface area contributed by atoms with Crippen LogP contribution in [0.25, 0.3) is 0 Å². The van der Waals surface area contributed by atoms with E-state index in [0.717, 1.165) is 21.9 Å². The van der Waals surface area contributed by atoms with Crippen molar-refractivity contribution in [3.63, 3.8) is 0 Å². The lowest BCUT2D eigenvalue weighted by Gasteiger charge is -2.18. The van der Waals surface area contributed by atoms with E-state index < -0.39 is 5.82 Å². The van der Waals surface area contributed by atoms with Crippen LogP contribution in [0, 0.1) is 5.82 Å². The molecule has 2 aromatic carbocycles. The first kappa shape index (κ1) is 15.9. The molecular formula is C17H17ClFNS. The van der Waals surface area contributed by atoms with Gasteiger partial charge in [-0.25, -0.2) is 4.39 Å². The minimum Gasteiger partial charge on any atom is -0.378 e. The molecule has 0 amide bonds. The van der Waals surface area contributed by atoms with Crippen molar-refractivity contribution in [1.29, 1.82) is 0 Å². The summed E-state index contributed by atoms with van der Waals surface area (Å²) in [7, 11) is 0. The SMILES string of the molecule is C=CCSc1ccccc1NC(C)c1ccc(F)c(Cl)c1. The van der Waals surface area contributed by atoms with Gasteiger partial charge in [-0.15, -0.1) is 18.3 Å². The Labute approximate surface area is 134 Å². The first-order valence-corrected chi connectivity index (χ1v) is 8.02. The molecule has 0 saturated heterocycles. The van der Waals surface area contributed by atoms with Gasteiger partial charge in [0.15, 0.2) is 0 Å². The van der Waals surface area contributed by atoms with Gasteiger partial charge in [-0.3, -0.25) is 0 Å². The smallest absolute Gasteiger partial charge is 0.141 e. The minimum absolute atomic E-state index is 0.0357. The molecule has 4 heteroatoms. The Morgan fingerprint density at radius 2 is 2.10 bits per heavy atom. The fourth-order valence-corrected chi connectivity index (χ4v) is 2.90.